The van der Waals surface area contributed by atoms with Gasteiger partial charge >= 0.3 is 0 Å². The second-order valence-corrected chi connectivity index (χ2v) is 4.27. The van der Waals surface area contributed by atoms with Gasteiger partial charge in [0.05, 0.1) is 18.1 Å². The van der Waals surface area contributed by atoms with Crippen molar-refractivity contribution in [1.29, 1.82) is 0 Å². The molecular formula is C14H12F2N2O3. The van der Waals surface area contributed by atoms with Crippen molar-refractivity contribution >= 4 is 11.4 Å². The first kappa shape index (κ1) is 14.7. The Labute approximate surface area is 119 Å². The lowest BCUT2D eigenvalue weighted by atomic mass is 10.2. The van der Waals surface area contributed by atoms with E-state index in [0.29, 0.717) is 11.4 Å². The summed E-state index contributed by atoms with van der Waals surface area (Å²) in [6.07, 6.45) is 0. The highest BCUT2D eigenvalue weighted by molar-refractivity contribution is 5.56. The smallest absolute Gasteiger partial charge is 0.275 e. The molecule has 0 aliphatic carbocycles. The van der Waals surface area contributed by atoms with Gasteiger partial charge < -0.3 is 10.1 Å². The Morgan fingerprint density at radius 2 is 2.00 bits per heavy atom. The SMILES string of the molecule is COc1cc(NCc2cc(F)ccc2F)cc([N+](=O)[O-])c1. The zero-order chi connectivity index (χ0) is 15.4. The molecule has 0 fully saturated rings. The van der Waals surface area contributed by atoms with Crippen molar-refractivity contribution in [2.75, 3.05) is 12.4 Å². The molecule has 2 aromatic rings. The Morgan fingerprint density at radius 3 is 2.67 bits per heavy atom. The van der Waals surface area contributed by atoms with Crippen molar-refractivity contribution in [2.45, 2.75) is 6.54 Å². The molecular weight excluding hydrogens is 282 g/mol. The maximum atomic E-state index is 13.5. The highest BCUT2D eigenvalue weighted by Crippen LogP contribution is 2.26. The number of nitrogens with one attached hydrogen (secondary N) is 1. The Bertz CT molecular complexity index is 677. The summed E-state index contributed by atoms with van der Waals surface area (Å²) in [5.74, 6) is -0.808. The number of rotatable bonds is 5. The van der Waals surface area contributed by atoms with Crippen molar-refractivity contribution in [2.24, 2.45) is 0 Å². The van der Waals surface area contributed by atoms with Gasteiger partial charge in [-0.25, -0.2) is 8.78 Å². The summed E-state index contributed by atoms with van der Waals surface area (Å²) >= 11 is 0. The first-order chi connectivity index (χ1) is 9.99. The molecule has 21 heavy (non-hydrogen) atoms. The van der Waals surface area contributed by atoms with E-state index in [4.69, 9.17) is 4.74 Å². The molecule has 0 saturated carbocycles. The van der Waals surface area contributed by atoms with Crippen molar-refractivity contribution in [3.05, 3.63) is 63.7 Å². The maximum absolute atomic E-state index is 13.5. The highest BCUT2D eigenvalue weighted by atomic mass is 19.1. The van der Waals surface area contributed by atoms with E-state index in [1.807, 2.05) is 0 Å². The van der Waals surface area contributed by atoms with Gasteiger partial charge in [-0.2, -0.15) is 0 Å². The minimum Gasteiger partial charge on any atom is -0.496 e. The number of anilines is 1. The first-order valence-corrected chi connectivity index (χ1v) is 6.01. The van der Waals surface area contributed by atoms with Crippen LogP contribution in [0.2, 0.25) is 0 Å². The second kappa shape index (κ2) is 6.17. The van der Waals surface area contributed by atoms with E-state index >= 15 is 0 Å². The Hall–Kier alpha value is -2.70. The van der Waals surface area contributed by atoms with Crippen molar-refractivity contribution in [1.82, 2.24) is 0 Å². The molecule has 1 N–H and O–H groups in total. The first-order valence-electron chi connectivity index (χ1n) is 6.01. The monoisotopic (exact) mass is 294 g/mol. The van der Waals surface area contributed by atoms with E-state index in [2.05, 4.69) is 5.32 Å². The maximum Gasteiger partial charge on any atom is 0.275 e. The lowest BCUT2D eigenvalue weighted by molar-refractivity contribution is -0.384. The van der Waals surface area contributed by atoms with E-state index in [9.17, 15) is 18.9 Å². The molecule has 0 aliphatic heterocycles. The molecule has 0 saturated heterocycles. The molecule has 0 radical (unpaired) electrons. The molecule has 2 rings (SSSR count). The zero-order valence-corrected chi connectivity index (χ0v) is 11.1. The number of hydrogen-bond donors (Lipinski definition) is 1. The molecule has 0 unspecified atom stereocenters. The second-order valence-electron chi connectivity index (χ2n) is 4.27. The van der Waals surface area contributed by atoms with E-state index in [1.165, 1.54) is 25.3 Å². The van der Waals surface area contributed by atoms with Crippen molar-refractivity contribution in [3.63, 3.8) is 0 Å². The summed E-state index contributed by atoms with van der Waals surface area (Å²) < 4.78 is 31.5. The molecule has 0 spiro atoms. The van der Waals surface area contributed by atoms with Gasteiger partial charge in [-0.3, -0.25) is 10.1 Å². The van der Waals surface area contributed by atoms with Crippen LogP contribution in [-0.4, -0.2) is 12.0 Å². The third-order valence-electron chi connectivity index (χ3n) is 2.83. The van der Waals surface area contributed by atoms with E-state index < -0.39 is 16.6 Å². The quantitative estimate of drug-likeness (QED) is 0.677. The number of nitro groups is 1. The van der Waals surface area contributed by atoms with E-state index in [1.54, 1.807) is 0 Å². The molecule has 0 heterocycles. The fourth-order valence-corrected chi connectivity index (χ4v) is 1.78. The summed E-state index contributed by atoms with van der Waals surface area (Å²) in [6, 6.07) is 7.21. The Morgan fingerprint density at radius 1 is 1.24 bits per heavy atom. The van der Waals surface area contributed by atoms with Crippen molar-refractivity contribution in [3.8, 4) is 5.75 Å². The normalized spacial score (nSPS) is 10.2. The van der Waals surface area contributed by atoms with Gasteiger partial charge in [0.25, 0.3) is 5.69 Å². The number of nitrogens with zero attached hydrogens (tertiary/aromatic N) is 1. The summed E-state index contributed by atoms with van der Waals surface area (Å²) in [4.78, 5) is 10.2. The largest absolute Gasteiger partial charge is 0.496 e. The zero-order valence-electron chi connectivity index (χ0n) is 11.1. The van der Waals surface area contributed by atoms with Gasteiger partial charge in [0.1, 0.15) is 17.4 Å². The molecule has 0 aliphatic rings. The molecule has 110 valence electrons. The van der Waals surface area contributed by atoms with Crippen LogP contribution in [-0.2, 0) is 6.54 Å². The Kier molecular flexibility index (Phi) is 4.32. The average molecular weight is 294 g/mol. The van der Waals surface area contributed by atoms with Crippen LogP contribution < -0.4 is 10.1 Å². The van der Waals surface area contributed by atoms with Crippen LogP contribution in [0.25, 0.3) is 0 Å². The number of halogens is 2. The predicted octanol–water partition coefficient (Wildman–Crippen LogP) is 3.49. The van der Waals surface area contributed by atoms with Crippen LogP contribution in [0.1, 0.15) is 5.56 Å². The molecule has 0 bridgehead atoms. The molecule has 7 heteroatoms. The topological polar surface area (TPSA) is 64.4 Å². The minimum absolute atomic E-state index is 0.00604. The van der Waals surface area contributed by atoms with Gasteiger partial charge in [-0.15, -0.1) is 0 Å². The van der Waals surface area contributed by atoms with Crippen LogP contribution in [0.15, 0.2) is 36.4 Å². The van der Waals surface area contributed by atoms with Gasteiger partial charge in [-0.1, -0.05) is 0 Å². The molecule has 0 atom stereocenters. The summed E-state index contributed by atoms with van der Waals surface area (Å²) in [6.45, 7) is -0.00604. The predicted molar refractivity (Wildman–Crippen MR) is 73.3 cm³/mol. The molecule has 2 aromatic carbocycles. The fourth-order valence-electron chi connectivity index (χ4n) is 1.78. The number of non-ortho nitro benzene ring substituents is 1. The number of ether oxygens (including phenoxy) is 1. The summed E-state index contributed by atoms with van der Waals surface area (Å²) in [5.41, 5.74) is 0.349. The number of benzene rings is 2. The average Bonchev–Trinajstić information content (AvgIpc) is 2.47. The Balaban J connectivity index is 2.21. The third kappa shape index (κ3) is 3.65. The van der Waals surface area contributed by atoms with Crippen LogP contribution in [0.4, 0.5) is 20.2 Å². The third-order valence-corrected chi connectivity index (χ3v) is 2.83. The van der Waals surface area contributed by atoms with Gasteiger partial charge in [0.2, 0.25) is 0 Å². The fraction of sp³-hybridized carbons (Fsp3) is 0.143. The van der Waals surface area contributed by atoms with Gasteiger partial charge in [-0.05, 0) is 18.2 Å². The molecule has 0 amide bonds. The standard InChI is InChI=1S/C14H12F2N2O3/c1-21-13-6-11(5-12(7-13)18(19)20)17-8-9-4-10(15)2-3-14(9)16/h2-7,17H,8H2,1H3. The molecule has 0 aromatic heterocycles. The highest BCUT2D eigenvalue weighted by Gasteiger charge is 2.11. The van der Waals surface area contributed by atoms with Crippen LogP contribution in [0, 0.1) is 21.7 Å². The van der Waals surface area contributed by atoms with Gasteiger partial charge in [0.15, 0.2) is 0 Å². The van der Waals surface area contributed by atoms with E-state index in [-0.39, 0.29) is 17.8 Å². The number of nitro benzene ring substituents is 1. The van der Waals surface area contributed by atoms with Crippen LogP contribution in [0.5, 0.6) is 5.75 Å². The number of methoxy groups -OCH3 is 1. The van der Waals surface area contributed by atoms with Crippen LogP contribution >= 0.6 is 0 Å². The van der Waals surface area contributed by atoms with Crippen molar-refractivity contribution < 1.29 is 18.4 Å². The van der Waals surface area contributed by atoms with E-state index in [0.717, 1.165) is 18.2 Å². The lowest BCUT2D eigenvalue weighted by Gasteiger charge is -2.09. The molecule has 5 nitrogen and oxygen atoms in total. The van der Waals surface area contributed by atoms with Crippen LogP contribution in [0.3, 0.4) is 0 Å². The van der Waals surface area contributed by atoms with Gasteiger partial charge in [0, 0.05) is 29.9 Å². The summed E-state index contributed by atoms with van der Waals surface area (Å²) in [5, 5.41) is 13.6. The summed E-state index contributed by atoms with van der Waals surface area (Å²) in [7, 11) is 1.38. The lowest BCUT2D eigenvalue weighted by Crippen LogP contribution is -2.03. The number of hydrogen-bond acceptors (Lipinski definition) is 4. The minimum atomic E-state index is -0.559.